The van der Waals surface area contributed by atoms with Gasteiger partial charge < -0.3 is 9.90 Å². The number of Topliss-reactive ketones (excluding diaryl/α,β-unsaturated/α-hetero) is 1. The van der Waals surface area contributed by atoms with Gasteiger partial charge in [0.05, 0.1) is 6.42 Å². The summed E-state index contributed by atoms with van der Waals surface area (Å²) >= 11 is 0. The minimum absolute atomic E-state index is 0.0286. The molecule has 0 aromatic rings. The van der Waals surface area contributed by atoms with Crippen LogP contribution in [0.3, 0.4) is 0 Å². The zero-order chi connectivity index (χ0) is 10.8. The first-order chi connectivity index (χ1) is 6.49. The van der Waals surface area contributed by atoms with Crippen LogP contribution in [-0.4, -0.2) is 23.1 Å². The molecule has 78 valence electrons. The number of carboxylic acids is 1. The lowest BCUT2D eigenvalue weighted by Gasteiger charge is -2.27. The van der Waals surface area contributed by atoms with Gasteiger partial charge >= 0.3 is 5.97 Å². The third-order valence-corrected chi connectivity index (χ3v) is 3.06. The van der Waals surface area contributed by atoms with Gasteiger partial charge in [-0.2, -0.15) is 0 Å². The molecule has 1 aliphatic rings. The van der Waals surface area contributed by atoms with Gasteiger partial charge in [-0.3, -0.25) is 9.59 Å². The van der Waals surface area contributed by atoms with Crippen LogP contribution in [0.1, 0.15) is 32.6 Å². The van der Waals surface area contributed by atoms with E-state index in [9.17, 15) is 14.4 Å². The van der Waals surface area contributed by atoms with Crippen LogP contribution in [0.25, 0.3) is 0 Å². The molecule has 0 spiro atoms. The third-order valence-electron chi connectivity index (χ3n) is 3.06. The van der Waals surface area contributed by atoms with E-state index in [1.165, 1.54) is 0 Å². The van der Waals surface area contributed by atoms with Gasteiger partial charge in [0.25, 0.3) is 0 Å². The van der Waals surface area contributed by atoms with E-state index in [0.29, 0.717) is 19.1 Å². The van der Waals surface area contributed by atoms with E-state index < -0.39 is 17.3 Å². The normalized spacial score (nSPS) is 31.8. The van der Waals surface area contributed by atoms with Crippen LogP contribution in [-0.2, 0) is 14.4 Å². The highest BCUT2D eigenvalue weighted by molar-refractivity contribution is 5.87. The molecule has 0 saturated heterocycles. The largest absolute Gasteiger partial charge is 0.481 e. The third kappa shape index (κ3) is 2.00. The number of hydrogen-bond acceptors (Lipinski definition) is 3. The standard InChI is InChI=1S/C10H14O4/c1-10(6-9(13)14)4-2-8(12)7(10)3-5-11/h5,7H,2-4,6H2,1H3,(H,13,14). The summed E-state index contributed by atoms with van der Waals surface area (Å²) in [7, 11) is 0. The van der Waals surface area contributed by atoms with E-state index in [1.54, 1.807) is 6.92 Å². The molecule has 0 radical (unpaired) electrons. The number of carbonyl (C=O) groups excluding carboxylic acids is 2. The van der Waals surface area contributed by atoms with Crippen molar-refractivity contribution in [2.45, 2.75) is 32.6 Å². The fourth-order valence-electron chi connectivity index (χ4n) is 2.22. The van der Waals surface area contributed by atoms with Gasteiger partial charge in [-0.15, -0.1) is 0 Å². The van der Waals surface area contributed by atoms with Gasteiger partial charge in [0, 0.05) is 18.8 Å². The van der Waals surface area contributed by atoms with E-state index in [2.05, 4.69) is 0 Å². The van der Waals surface area contributed by atoms with Gasteiger partial charge in [0.15, 0.2) is 0 Å². The lowest BCUT2D eigenvalue weighted by atomic mass is 9.75. The average Bonchev–Trinajstić information content (AvgIpc) is 2.32. The summed E-state index contributed by atoms with van der Waals surface area (Å²) in [5.74, 6) is -1.27. The van der Waals surface area contributed by atoms with Crippen molar-refractivity contribution in [2.24, 2.45) is 11.3 Å². The van der Waals surface area contributed by atoms with Crippen LogP contribution in [0, 0.1) is 11.3 Å². The summed E-state index contributed by atoms with van der Waals surface area (Å²) in [5, 5.41) is 8.71. The van der Waals surface area contributed by atoms with E-state index in [1.807, 2.05) is 0 Å². The second kappa shape index (κ2) is 3.90. The molecule has 0 bridgehead atoms. The lowest BCUT2D eigenvalue weighted by Crippen LogP contribution is -2.28. The fourth-order valence-corrected chi connectivity index (χ4v) is 2.22. The average molecular weight is 198 g/mol. The Hall–Kier alpha value is -1.19. The number of carbonyl (C=O) groups is 3. The summed E-state index contributed by atoms with van der Waals surface area (Å²) in [6.07, 6.45) is 1.81. The van der Waals surface area contributed by atoms with Crippen molar-refractivity contribution in [3.63, 3.8) is 0 Å². The fraction of sp³-hybridized carbons (Fsp3) is 0.700. The highest BCUT2D eigenvalue weighted by Gasteiger charge is 2.45. The summed E-state index contributed by atoms with van der Waals surface area (Å²) in [4.78, 5) is 32.4. The maximum Gasteiger partial charge on any atom is 0.303 e. The van der Waals surface area contributed by atoms with Crippen LogP contribution < -0.4 is 0 Å². The second-order valence-electron chi connectivity index (χ2n) is 4.15. The molecule has 2 atom stereocenters. The maximum absolute atomic E-state index is 11.4. The highest BCUT2D eigenvalue weighted by atomic mass is 16.4. The Morgan fingerprint density at radius 2 is 2.36 bits per heavy atom. The Kier molecular flexibility index (Phi) is 3.03. The molecule has 14 heavy (non-hydrogen) atoms. The number of ketones is 1. The van der Waals surface area contributed by atoms with E-state index in [-0.39, 0.29) is 18.6 Å². The van der Waals surface area contributed by atoms with Crippen molar-refractivity contribution in [3.05, 3.63) is 0 Å². The molecule has 0 aliphatic heterocycles. The van der Waals surface area contributed by atoms with Gasteiger partial charge in [-0.05, 0) is 11.8 Å². The van der Waals surface area contributed by atoms with E-state index in [0.717, 1.165) is 0 Å². The monoisotopic (exact) mass is 198 g/mol. The second-order valence-corrected chi connectivity index (χ2v) is 4.15. The van der Waals surface area contributed by atoms with Crippen LogP contribution in [0.2, 0.25) is 0 Å². The lowest BCUT2D eigenvalue weighted by molar-refractivity contribution is -0.140. The molecular formula is C10H14O4. The van der Waals surface area contributed by atoms with Gasteiger partial charge in [0.2, 0.25) is 0 Å². The zero-order valence-corrected chi connectivity index (χ0v) is 8.16. The van der Waals surface area contributed by atoms with Crippen molar-refractivity contribution < 1.29 is 19.5 Å². The number of carboxylic acid groups (broad SMARTS) is 1. The van der Waals surface area contributed by atoms with Crippen molar-refractivity contribution in [1.82, 2.24) is 0 Å². The molecular weight excluding hydrogens is 184 g/mol. The van der Waals surface area contributed by atoms with E-state index >= 15 is 0 Å². The molecule has 0 aromatic carbocycles. The topological polar surface area (TPSA) is 71.4 Å². The molecule has 1 N–H and O–H groups in total. The minimum atomic E-state index is -0.905. The molecule has 0 aromatic heterocycles. The molecule has 1 fully saturated rings. The number of aliphatic carboxylic acids is 1. The predicted molar refractivity (Wildman–Crippen MR) is 48.8 cm³/mol. The van der Waals surface area contributed by atoms with Crippen LogP contribution >= 0.6 is 0 Å². The smallest absolute Gasteiger partial charge is 0.303 e. The molecule has 2 unspecified atom stereocenters. The van der Waals surface area contributed by atoms with E-state index in [4.69, 9.17) is 5.11 Å². The summed E-state index contributed by atoms with van der Waals surface area (Å²) in [6.45, 7) is 1.78. The SMILES string of the molecule is CC1(CC(=O)O)CCC(=O)C1CC=O. The number of rotatable bonds is 4. The van der Waals surface area contributed by atoms with Crippen LogP contribution in [0.5, 0.6) is 0 Å². The molecule has 1 saturated carbocycles. The first-order valence-corrected chi connectivity index (χ1v) is 4.68. The minimum Gasteiger partial charge on any atom is -0.481 e. The quantitative estimate of drug-likeness (QED) is 0.685. The molecule has 0 amide bonds. The molecule has 1 rings (SSSR count). The Labute approximate surface area is 82.3 Å². The van der Waals surface area contributed by atoms with Crippen molar-refractivity contribution in [1.29, 1.82) is 0 Å². The highest BCUT2D eigenvalue weighted by Crippen LogP contribution is 2.44. The van der Waals surface area contributed by atoms with Crippen molar-refractivity contribution in [2.75, 3.05) is 0 Å². The molecule has 0 heterocycles. The first-order valence-electron chi connectivity index (χ1n) is 4.68. The van der Waals surface area contributed by atoms with Gasteiger partial charge in [-0.25, -0.2) is 0 Å². The number of hydrogen-bond donors (Lipinski definition) is 1. The molecule has 4 nitrogen and oxygen atoms in total. The number of aldehydes is 1. The van der Waals surface area contributed by atoms with Crippen LogP contribution in [0.15, 0.2) is 0 Å². The van der Waals surface area contributed by atoms with Crippen molar-refractivity contribution >= 4 is 18.0 Å². The predicted octanol–water partition coefficient (Wildman–Crippen LogP) is 1.04. The zero-order valence-electron chi connectivity index (χ0n) is 8.16. The summed E-state index contributed by atoms with van der Waals surface area (Å²) in [6, 6.07) is 0. The maximum atomic E-state index is 11.4. The summed E-state index contributed by atoms with van der Waals surface area (Å²) < 4.78 is 0. The Morgan fingerprint density at radius 1 is 1.71 bits per heavy atom. The Bertz CT molecular complexity index is 271. The van der Waals surface area contributed by atoms with Crippen LogP contribution in [0.4, 0.5) is 0 Å². The molecule has 4 heteroatoms. The Morgan fingerprint density at radius 3 is 2.86 bits per heavy atom. The van der Waals surface area contributed by atoms with Gasteiger partial charge in [0.1, 0.15) is 12.1 Å². The molecule has 1 aliphatic carbocycles. The van der Waals surface area contributed by atoms with Gasteiger partial charge in [-0.1, -0.05) is 6.92 Å². The van der Waals surface area contributed by atoms with Crippen molar-refractivity contribution in [3.8, 4) is 0 Å². The first kappa shape index (κ1) is 10.9. The Balaban J connectivity index is 2.80. The summed E-state index contributed by atoms with van der Waals surface area (Å²) in [5.41, 5.74) is -0.524.